The van der Waals surface area contributed by atoms with Crippen LogP contribution >= 0.6 is 38.9 Å². The summed E-state index contributed by atoms with van der Waals surface area (Å²) in [5, 5.41) is 0.252. The van der Waals surface area contributed by atoms with Crippen LogP contribution in [0.3, 0.4) is 0 Å². The maximum atomic E-state index is 13.5. The minimum atomic E-state index is -3.83. The van der Waals surface area contributed by atoms with Crippen LogP contribution in [-0.2, 0) is 10.0 Å². The lowest BCUT2D eigenvalue weighted by molar-refractivity contribution is 0.598. The van der Waals surface area contributed by atoms with Crippen LogP contribution in [0.25, 0.3) is 0 Å². The van der Waals surface area contributed by atoms with E-state index in [1.807, 2.05) is 0 Å². The first-order valence-corrected chi connectivity index (χ1v) is 8.50. The van der Waals surface area contributed by atoms with Crippen molar-refractivity contribution in [3.8, 4) is 0 Å². The average molecular weight is 385 g/mol. The Balaban J connectivity index is 2.42. The zero-order valence-electron chi connectivity index (χ0n) is 9.58. The van der Waals surface area contributed by atoms with Gasteiger partial charge in [0.1, 0.15) is 10.7 Å². The first-order valence-electron chi connectivity index (χ1n) is 5.03. The first kappa shape index (κ1) is 14.8. The fourth-order valence-electron chi connectivity index (χ4n) is 1.47. The molecule has 0 radical (unpaired) electrons. The second-order valence-electron chi connectivity index (χ2n) is 3.70. The molecule has 2 aromatic rings. The molecule has 0 unspecified atom stereocenters. The van der Waals surface area contributed by atoms with E-state index >= 15 is 0 Å². The SMILES string of the molecule is Cc1sc(Br)cc1S(=O)(=O)Nc1cc(Cl)ccc1F. The van der Waals surface area contributed by atoms with E-state index in [0.29, 0.717) is 8.66 Å². The number of nitrogens with one attached hydrogen (secondary N) is 1. The number of halogens is 3. The number of benzene rings is 1. The number of hydrogen-bond donors (Lipinski definition) is 1. The number of sulfonamides is 1. The highest BCUT2D eigenvalue weighted by atomic mass is 79.9. The van der Waals surface area contributed by atoms with Crippen LogP contribution in [-0.4, -0.2) is 8.42 Å². The molecule has 102 valence electrons. The van der Waals surface area contributed by atoms with Gasteiger partial charge in [-0.15, -0.1) is 11.3 Å². The first-order chi connectivity index (χ1) is 8.79. The highest BCUT2D eigenvalue weighted by Crippen LogP contribution is 2.31. The van der Waals surface area contributed by atoms with Crippen LogP contribution in [0.1, 0.15) is 4.88 Å². The largest absolute Gasteiger partial charge is 0.277 e. The molecule has 0 amide bonds. The van der Waals surface area contributed by atoms with Crippen LogP contribution in [0.2, 0.25) is 5.02 Å². The average Bonchev–Trinajstić information content (AvgIpc) is 2.63. The van der Waals surface area contributed by atoms with Crippen molar-refractivity contribution in [1.82, 2.24) is 0 Å². The highest BCUT2D eigenvalue weighted by Gasteiger charge is 2.21. The van der Waals surface area contributed by atoms with Crippen molar-refractivity contribution in [1.29, 1.82) is 0 Å². The van der Waals surface area contributed by atoms with E-state index in [2.05, 4.69) is 20.7 Å². The summed E-state index contributed by atoms with van der Waals surface area (Å²) in [6.07, 6.45) is 0. The van der Waals surface area contributed by atoms with Gasteiger partial charge in [0.2, 0.25) is 0 Å². The van der Waals surface area contributed by atoms with Gasteiger partial charge in [-0.05, 0) is 47.1 Å². The molecule has 0 saturated heterocycles. The van der Waals surface area contributed by atoms with Gasteiger partial charge in [-0.3, -0.25) is 4.72 Å². The predicted octanol–water partition coefficient (Wildman–Crippen LogP) is 4.41. The summed E-state index contributed by atoms with van der Waals surface area (Å²) < 4.78 is 40.7. The lowest BCUT2D eigenvalue weighted by Crippen LogP contribution is -2.14. The summed E-state index contributed by atoms with van der Waals surface area (Å²) in [5.74, 6) is -0.681. The standard InChI is InChI=1S/C11H8BrClFNO2S2/c1-6-10(5-11(12)18-6)19(16,17)15-9-4-7(13)2-3-8(9)14/h2-5,15H,1H3. The summed E-state index contributed by atoms with van der Waals surface area (Å²) >= 11 is 10.2. The Morgan fingerprint density at radius 3 is 2.63 bits per heavy atom. The Hall–Kier alpha value is -0.630. The molecule has 1 heterocycles. The molecular formula is C11H8BrClFNO2S2. The predicted molar refractivity (Wildman–Crippen MR) is 79.0 cm³/mol. The van der Waals surface area contributed by atoms with Crippen molar-refractivity contribution in [2.24, 2.45) is 0 Å². The molecule has 0 aliphatic carbocycles. The van der Waals surface area contributed by atoms with E-state index < -0.39 is 15.8 Å². The van der Waals surface area contributed by atoms with Crippen LogP contribution in [0.4, 0.5) is 10.1 Å². The lowest BCUT2D eigenvalue weighted by atomic mass is 10.3. The molecule has 0 saturated carbocycles. The molecule has 19 heavy (non-hydrogen) atoms. The Morgan fingerprint density at radius 2 is 2.05 bits per heavy atom. The van der Waals surface area contributed by atoms with E-state index in [1.54, 1.807) is 6.92 Å². The van der Waals surface area contributed by atoms with Crippen LogP contribution < -0.4 is 4.72 Å². The van der Waals surface area contributed by atoms with Crippen LogP contribution in [0, 0.1) is 12.7 Å². The number of hydrogen-bond acceptors (Lipinski definition) is 3. The molecule has 1 aromatic carbocycles. The van der Waals surface area contributed by atoms with Crippen molar-refractivity contribution in [2.75, 3.05) is 4.72 Å². The summed E-state index contributed by atoms with van der Waals surface area (Å²) in [6, 6.07) is 5.16. The number of aryl methyl sites for hydroxylation is 1. The molecule has 0 spiro atoms. The molecule has 1 aromatic heterocycles. The minimum Gasteiger partial charge on any atom is -0.277 e. The smallest absolute Gasteiger partial charge is 0.263 e. The van der Waals surface area contributed by atoms with Gasteiger partial charge in [0.15, 0.2) is 0 Å². The normalized spacial score (nSPS) is 11.6. The van der Waals surface area contributed by atoms with Crippen LogP contribution in [0.5, 0.6) is 0 Å². The summed E-state index contributed by atoms with van der Waals surface area (Å²) in [5.41, 5.74) is -0.172. The van der Waals surface area contributed by atoms with Crippen molar-refractivity contribution in [2.45, 2.75) is 11.8 Å². The third kappa shape index (κ3) is 3.28. The molecule has 0 atom stereocenters. The topological polar surface area (TPSA) is 46.2 Å². The van der Waals surface area contributed by atoms with Crippen molar-refractivity contribution >= 4 is 54.6 Å². The van der Waals surface area contributed by atoms with Crippen molar-refractivity contribution < 1.29 is 12.8 Å². The molecule has 8 heteroatoms. The Bertz CT molecular complexity index is 730. The monoisotopic (exact) mass is 383 g/mol. The van der Waals surface area contributed by atoms with E-state index in [9.17, 15) is 12.8 Å². The second kappa shape index (κ2) is 5.40. The number of rotatable bonds is 3. The van der Waals surface area contributed by atoms with Gasteiger partial charge in [-0.25, -0.2) is 12.8 Å². The van der Waals surface area contributed by atoms with Gasteiger partial charge in [0.05, 0.1) is 9.47 Å². The van der Waals surface area contributed by atoms with E-state index in [4.69, 9.17) is 11.6 Å². The highest BCUT2D eigenvalue weighted by molar-refractivity contribution is 9.11. The molecule has 1 N–H and O–H groups in total. The fourth-order valence-corrected chi connectivity index (χ4v) is 5.12. The number of thiophene rings is 1. The van der Waals surface area contributed by atoms with Gasteiger partial charge in [0, 0.05) is 9.90 Å². The van der Waals surface area contributed by atoms with Gasteiger partial charge >= 0.3 is 0 Å². The molecule has 0 fully saturated rings. The van der Waals surface area contributed by atoms with Gasteiger partial charge in [-0.1, -0.05) is 11.6 Å². The van der Waals surface area contributed by atoms with Gasteiger partial charge in [0.25, 0.3) is 10.0 Å². The fraction of sp³-hybridized carbons (Fsp3) is 0.0909. The molecule has 0 bridgehead atoms. The third-order valence-electron chi connectivity index (χ3n) is 2.30. The Morgan fingerprint density at radius 1 is 1.37 bits per heavy atom. The maximum Gasteiger partial charge on any atom is 0.263 e. The molecule has 0 aliphatic heterocycles. The summed E-state index contributed by atoms with van der Waals surface area (Å²) in [7, 11) is -3.83. The summed E-state index contributed by atoms with van der Waals surface area (Å²) in [4.78, 5) is 0.727. The van der Waals surface area contributed by atoms with E-state index in [1.165, 1.54) is 29.5 Å². The van der Waals surface area contributed by atoms with Gasteiger partial charge < -0.3 is 0 Å². The lowest BCUT2D eigenvalue weighted by Gasteiger charge is -2.08. The summed E-state index contributed by atoms with van der Waals surface area (Å²) in [6.45, 7) is 1.68. The van der Waals surface area contributed by atoms with Gasteiger partial charge in [-0.2, -0.15) is 0 Å². The number of anilines is 1. The van der Waals surface area contributed by atoms with E-state index in [0.717, 1.165) is 6.07 Å². The Kier molecular flexibility index (Phi) is 4.20. The van der Waals surface area contributed by atoms with Crippen molar-refractivity contribution in [3.63, 3.8) is 0 Å². The molecular weight excluding hydrogens is 377 g/mol. The third-order valence-corrected chi connectivity index (χ3v) is 5.71. The zero-order chi connectivity index (χ0) is 14.2. The zero-order valence-corrected chi connectivity index (χ0v) is 13.6. The second-order valence-corrected chi connectivity index (χ2v) is 8.42. The van der Waals surface area contributed by atoms with Crippen LogP contribution in [0.15, 0.2) is 32.9 Å². The van der Waals surface area contributed by atoms with E-state index in [-0.39, 0.29) is 15.6 Å². The maximum absolute atomic E-state index is 13.5. The molecule has 0 aliphatic rings. The molecule has 3 nitrogen and oxygen atoms in total. The van der Waals surface area contributed by atoms with Crippen molar-refractivity contribution in [3.05, 3.63) is 43.8 Å². The quantitative estimate of drug-likeness (QED) is 0.852. The molecule has 2 rings (SSSR count). The minimum absolute atomic E-state index is 0.115. The Labute approximate surface area is 127 Å².